The largest absolute Gasteiger partial charge is 0.481 e. The van der Waals surface area contributed by atoms with Gasteiger partial charge in [-0.2, -0.15) is 0 Å². The average molecular weight is 365 g/mol. The van der Waals surface area contributed by atoms with Crippen molar-refractivity contribution in [3.63, 3.8) is 0 Å². The summed E-state index contributed by atoms with van der Waals surface area (Å²) in [5.41, 5.74) is 5.08. The van der Waals surface area contributed by atoms with E-state index in [-0.39, 0.29) is 0 Å². The molecule has 1 aromatic carbocycles. The number of fused-ring (bicyclic) bond motifs is 1. The molecule has 142 valence electrons. The van der Waals surface area contributed by atoms with Gasteiger partial charge in [0.25, 0.3) is 0 Å². The average Bonchev–Trinajstić information content (AvgIpc) is 2.89. The number of hydrogen-bond acceptors (Lipinski definition) is 3. The molecule has 2 heterocycles. The first-order chi connectivity index (χ1) is 12.7. The first-order valence-electron chi connectivity index (χ1n) is 9.35. The molecule has 0 amide bonds. The molecule has 0 saturated carbocycles. The standard InChI is InChI=1S/C22H27N3O2/c1-7-12-22(5,21(26)27)18-14(3)23-20-19(24-15(4)25(20)6)17(18)16-10-8-13(2)9-11-16/h8-11H,7,12H2,1-6H3,(H,26,27). The van der Waals surface area contributed by atoms with Crippen LogP contribution in [0.1, 0.15) is 49.3 Å². The highest BCUT2D eigenvalue weighted by Gasteiger charge is 2.39. The van der Waals surface area contributed by atoms with Crippen LogP contribution in [0.2, 0.25) is 0 Å². The Kier molecular flexibility index (Phi) is 4.81. The minimum Gasteiger partial charge on any atom is -0.481 e. The summed E-state index contributed by atoms with van der Waals surface area (Å²) >= 11 is 0. The number of aromatic nitrogens is 3. The number of pyridine rings is 1. The molecule has 27 heavy (non-hydrogen) atoms. The minimum absolute atomic E-state index is 0.543. The van der Waals surface area contributed by atoms with E-state index in [1.807, 2.05) is 58.4 Å². The number of nitrogens with zero attached hydrogens (tertiary/aromatic N) is 3. The zero-order valence-electron chi connectivity index (χ0n) is 16.9. The van der Waals surface area contributed by atoms with Crippen molar-refractivity contribution in [3.8, 4) is 11.1 Å². The molecule has 1 unspecified atom stereocenters. The summed E-state index contributed by atoms with van der Waals surface area (Å²) in [6.07, 6.45) is 1.32. The second-order valence-electron chi connectivity index (χ2n) is 7.59. The maximum atomic E-state index is 12.4. The fourth-order valence-electron chi connectivity index (χ4n) is 3.92. The molecule has 5 nitrogen and oxygen atoms in total. The number of rotatable bonds is 5. The van der Waals surface area contributed by atoms with Crippen LogP contribution in [0.3, 0.4) is 0 Å². The highest BCUT2D eigenvalue weighted by molar-refractivity contribution is 5.97. The molecule has 5 heteroatoms. The normalized spacial score (nSPS) is 13.7. The summed E-state index contributed by atoms with van der Waals surface area (Å²) in [6, 6.07) is 8.19. The van der Waals surface area contributed by atoms with Gasteiger partial charge in [0.2, 0.25) is 0 Å². The van der Waals surface area contributed by atoms with Gasteiger partial charge < -0.3 is 9.67 Å². The van der Waals surface area contributed by atoms with E-state index in [2.05, 4.69) is 12.1 Å². The third-order valence-electron chi connectivity index (χ3n) is 5.52. The first kappa shape index (κ1) is 19.1. The van der Waals surface area contributed by atoms with Gasteiger partial charge in [0, 0.05) is 23.9 Å². The Morgan fingerprint density at radius 3 is 2.33 bits per heavy atom. The number of aryl methyl sites for hydroxylation is 4. The smallest absolute Gasteiger partial charge is 0.313 e. The van der Waals surface area contributed by atoms with Crippen LogP contribution in [0.4, 0.5) is 0 Å². The van der Waals surface area contributed by atoms with Crippen LogP contribution in [-0.2, 0) is 17.3 Å². The molecule has 0 saturated heterocycles. The predicted molar refractivity (Wildman–Crippen MR) is 108 cm³/mol. The number of benzene rings is 1. The molecule has 1 N–H and O–H groups in total. The third-order valence-corrected chi connectivity index (χ3v) is 5.52. The fourth-order valence-corrected chi connectivity index (χ4v) is 3.92. The van der Waals surface area contributed by atoms with Crippen molar-refractivity contribution in [2.45, 2.75) is 52.9 Å². The second kappa shape index (κ2) is 6.80. The van der Waals surface area contributed by atoms with Crippen molar-refractivity contribution in [3.05, 3.63) is 46.9 Å². The van der Waals surface area contributed by atoms with Gasteiger partial charge in [-0.25, -0.2) is 9.97 Å². The monoisotopic (exact) mass is 365 g/mol. The van der Waals surface area contributed by atoms with Gasteiger partial charge in [0.15, 0.2) is 5.65 Å². The molecule has 0 aliphatic carbocycles. The number of aliphatic carboxylic acids is 1. The highest BCUT2D eigenvalue weighted by atomic mass is 16.4. The van der Waals surface area contributed by atoms with E-state index in [4.69, 9.17) is 9.97 Å². The quantitative estimate of drug-likeness (QED) is 0.711. The van der Waals surface area contributed by atoms with Crippen molar-refractivity contribution in [1.82, 2.24) is 14.5 Å². The Hall–Kier alpha value is -2.69. The molecular formula is C22H27N3O2. The van der Waals surface area contributed by atoms with Crippen LogP contribution in [0.5, 0.6) is 0 Å². The Morgan fingerprint density at radius 1 is 1.15 bits per heavy atom. The van der Waals surface area contributed by atoms with Gasteiger partial charge in [-0.05, 0) is 39.7 Å². The van der Waals surface area contributed by atoms with Gasteiger partial charge in [0.05, 0.1) is 5.41 Å². The van der Waals surface area contributed by atoms with Crippen molar-refractivity contribution in [1.29, 1.82) is 0 Å². The molecular weight excluding hydrogens is 338 g/mol. The van der Waals surface area contributed by atoms with E-state index >= 15 is 0 Å². The molecule has 0 radical (unpaired) electrons. The van der Waals surface area contributed by atoms with Crippen LogP contribution < -0.4 is 0 Å². The van der Waals surface area contributed by atoms with Crippen LogP contribution in [0, 0.1) is 20.8 Å². The third kappa shape index (κ3) is 3.01. The zero-order chi connectivity index (χ0) is 19.9. The van der Waals surface area contributed by atoms with Gasteiger partial charge in [-0.15, -0.1) is 0 Å². The van der Waals surface area contributed by atoms with Gasteiger partial charge in [-0.3, -0.25) is 4.79 Å². The topological polar surface area (TPSA) is 68.0 Å². The van der Waals surface area contributed by atoms with Crippen LogP contribution in [-0.4, -0.2) is 25.6 Å². The van der Waals surface area contributed by atoms with Crippen molar-refractivity contribution < 1.29 is 9.90 Å². The van der Waals surface area contributed by atoms with Crippen molar-refractivity contribution in [2.75, 3.05) is 0 Å². The van der Waals surface area contributed by atoms with E-state index in [1.165, 1.54) is 0 Å². The maximum Gasteiger partial charge on any atom is 0.313 e. The molecule has 3 rings (SSSR count). The summed E-state index contributed by atoms with van der Waals surface area (Å²) in [5, 5.41) is 10.1. The maximum absolute atomic E-state index is 12.4. The zero-order valence-corrected chi connectivity index (χ0v) is 16.9. The Labute approximate surface area is 160 Å². The summed E-state index contributed by atoms with van der Waals surface area (Å²) < 4.78 is 1.96. The number of carboxylic acid groups (broad SMARTS) is 1. The number of hydrogen-bond donors (Lipinski definition) is 1. The molecule has 0 fully saturated rings. The lowest BCUT2D eigenvalue weighted by Gasteiger charge is -2.29. The molecule has 0 spiro atoms. The van der Waals surface area contributed by atoms with Crippen LogP contribution >= 0.6 is 0 Å². The fraction of sp³-hybridized carbons (Fsp3) is 0.409. The molecule has 2 aromatic heterocycles. The van der Waals surface area contributed by atoms with Crippen molar-refractivity contribution in [2.24, 2.45) is 7.05 Å². The van der Waals surface area contributed by atoms with E-state index < -0.39 is 11.4 Å². The lowest BCUT2D eigenvalue weighted by atomic mass is 9.74. The predicted octanol–water partition coefficient (Wildman–Crippen LogP) is 4.70. The first-order valence-corrected chi connectivity index (χ1v) is 9.35. The summed E-state index contributed by atoms with van der Waals surface area (Å²) in [6.45, 7) is 9.71. The number of imidazole rings is 1. The second-order valence-corrected chi connectivity index (χ2v) is 7.59. The summed E-state index contributed by atoms with van der Waals surface area (Å²) in [7, 11) is 1.94. The Bertz CT molecular complexity index is 1020. The van der Waals surface area contributed by atoms with E-state index in [0.29, 0.717) is 6.42 Å². The molecule has 1 atom stereocenters. The van der Waals surface area contributed by atoms with Gasteiger partial charge in [0.1, 0.15) is 11.3 Å². The summed E-state index contributed by atoms with van der Waals surface area (Å²) in [5.74, 6) is 0.0320. The van der Waals surface area contributed by atoms with E-state index in [1.54, 1.807) is 0 Å². The molecule has 0 aliphatic heterocycles. The van der Waals surface area contributed by atoms with E-state index in [0.717, 1.165) is 51.4 Å². The Balaban J connectivity index is 2.49. The minimum atomic E-state index is -1.02. The van der Waals surface area contributed by atoms with Crippen molar-refractivity contribution >= 4 is 17.1 Å². The highest BCUT2D eigenvalue weighted by Crippen LogP contribution is 2.42. The Morgan fingerprint density at radius 2 is 1.78 bits per heavy atom. The van der Waals surface area contributed by atoms with Gasteiger partial charge in [-0.1, -0.05) is 43.2 Å². The van der Waals surface area contributed by atoms with Crippen LogP contribution in [0.25, 0.3) is 22.3 Å². The number of carbonyl (C=O) groups is 1. The van der Waals surface area contributed by atoms with E-state index in [9.17, 15) is 9.90 Å². The lowest BCUT2D eigenvalue weighted by molar-refractivity contribution is -0.143. The molecule has 0 bridgehead atoms. The lowest BCUT2D eigenvalue weighted by Crippen LogP contribution is -2.34. The van der Waals surface area contributed by atoms with Crippen LogP contribution in [0.15, 0.2) is 24.3 Å². The SMILES string of the molecule is CCCC(C)(C(=O)O)c1c(C)nc2c(nc(C)n2C)c1-c1ccc(C)cc1. The number of carboxylic acids is 1. The summed E-state index contributed by atoms with van der Waals surface area (Å²) in [4.78, 5) is 21.9. The van der Waals surface area contributed by atoms with Gasteiger partial charge >= 0.3 is 5.97 Å². The molecule has 3 aromatic rings. The molecule has 0 aliphatic rings.